The molecule has 0 N–H and O–H groups in total. The van der Waals surface area contributed by atoms with Crippen LogP contribution >= 0.6 is 0 Å². The van der Waals surface area contributed by atoms with E-state index >= 15 is 0 Å². The lowest BCUT2D eigenvalue weighted by atomic mass is 10.1. The molecule has 2 aromatic carbocycles. The second-order valence-corrected chi connectivity index (χ2v) is 4.72. The molecule has 0 aliphatic rings. The van der Waals surface area contributed by atoms with Crippen LogP contribution in [0.4, 0.5) is 0 Å². The van der Waals surface area contributed by atoms with Crippen LogP contribution in [0.25, 0.3) is 10.8 Å². The third-order valence-electron chi connectivity index (χ3n) is 3.18. The Kier molecular flexibility index (Phi) is 3.17. The summed E-state index contributed by atoms with van der Waals surface area (Å²) in [4.78, 5) is 0. The van der Waals surface area contributed by atoms with Gasteiger partial charge in [-0.05, 0) is 29.0 Å². The summed E-state index contributed by atoms with van der Waals surface area (Å²) >= 11 is 0. The summed E-state index contributed by atoms with van der Waals surface area (Å²) in [6.45, 7) is 1.99. The molecule has 0 atom stereocenters. The third kappa shape index (κ3) is 2.52. The summed E-state index contributed by atoms with van der Waals surface area (Å²) in [6, 6.07) is 17.3. The number of rotatable bonds is 2. The Morgan fingerprint density at radius 1 is 0.950 bits per heavy atom. The predicted octanol–water partition coefficient (Wildman–Crippen LogP) is 2.01. The van der Waals surface area contributed by atoms with Crippen molar-refractivity contribution in [2.45, 2.75) is 6.92 Å². The topological polar surface area (TPSA) is 39.3 Å². The average Bonchev–Trinajstić information content (AvgIpc) is 2.48. The molecule has 3 heteroatoms. The highest BCUT2D eigenvalue weighted by Crippen LogP contribution is 2.09. The maximum Gasteiger partial charge on any atom is 0.210 e. The lowest BCUT2D eigenvalue weighted by Gasteiger charge is -2.07. The van der Waals surface area contributed by atoms with E-state index in [1.807, 2.05) is 55.6 Å². The summed E-state index contributed by atoms with van der Waals surface area (Å²) < 4.78 is 1.56. The minimum atomic E-state index is -0.245. The zero-order valence-electron chi connectivity index (χ0n) is 11.2. The van der Waals surface area contributed by atoms with Crippen LogP contribution in [0.1, 0.15) is 11.1 Å². The van der Waals surface area contributed by atoms with E-state index in [9.17, 15) is 5.11 Å². The fourth-order valence-electron chi connectivity index (χ4n) is 2.04. The van der Waals surface area contributed by atoms with Crippen molar-refractivity contribution in [3.8, 4) is 0 Å². The van der Waals surface area contributed by atoms with Gasteiger partial charge >= 0.3 is 0 Å². The average molecular weight is 262 g/mol. The van der Waals surface area contributed by atoms with E-state index < -0.39 is 0 Å². The van der Waals surface area contributed by atoms with Gasteiger partial charge in [-0.15, -0.1) is 0 Å². The first kappa shape index (κ1) is 12.4. The molecule has 0 bridgehead atoms. The molecule has 0 radical (unpaired) electrons. The van der Waals surface area contributed by atoms with Gasteiger partial charge in [0.25, 0.3) is 0 Å². The lowest BCUT2D eigenvalue weighted by molar-refractivity contribution is -0.680. The van der Waals surface area contributed by atoms with Crippen molar-refractivity contribution < 1.29 is 9.78 Å². The Hall–Kier alpha value is -2.68. The fourth-order valence-corrected chi connectivity index (χ4v) is 2.04. The number of hydrogen-bond acceptors (Lipinski definition) is 2. The molecule has 0 fully saturated rings. The van der Waals surface area contributed by atoms with Gasteiger partial charge < -0.3 is 5.11 Å². The fraction of sp³-hybridized carbons (Fsp3) is 0.0588. The van der Waals surface area contributed by atoms with E-state index in [0.29, 0.717) is 5.56 Å². The summed E-state index contributed by atoms with van der Waals surface area (Å²) in [5.41, 5.74) is 1.72. The monoisotopic (exact) mass is 262 g/mol. The largest absolute Gasteiger partial charge is 0.854 e. The number of hydrogen-bond donors (Lipinski definition) is 0. The molecule has 0 unspecified atom stereocenters. The number of nitrogens with zero attached hydrogens (tertiary/aromatic N) is 2. The Bertz CT molecular complexity index is 776. The second kappa shape index (κ2) is 5.13. The first-order valence-corrected chi connectivity index (χ1v) is 6.45. The van der Waals surface area contributed by atoms with Gasteiger partial charge in [-0.1, -0.05) is 52.7 Å². The lowest BCUT2D eigenvalue weighted by Crippen LogP contribution is -2.33. The number of aromatic nitrogens is 1. The maximum atomic E-state index is 12.1. The highest BCUT2D eigenvalue weighted by molar-refractivity contribution is 5.90. The van der Waals surface area contributed by atoms with E-state index in [-0.39, 0.29) is 5.90 Å². The number of fused-ring (bicyclic) bond motifs is 1. The van der Waals surface area contributed by atoms with Crippen molar-refractivity contribution in [2.75, 3.05) is 0 Å². The van der Waals surface area contributed by atoms with Crippen LogP contribution in [-0.2, 0) is 0 Å². The van der Waals surface area contributed by atoms with Crippen LogP contribution in [0.3, 0.4) is 0 Å². The summed E-state index contributed by atoms with van der Waals surface area (Å²) in [6.07, 6.45) is 3.63. The molecule has 0 amide bonds. The molecular formula is C17H14N2O. The van der Waals surface area contributed by atoms with Crippen LogP contribution in [0.15, 0.2) is 72.1 Å². The smallest absolute Gasteiger partial charge is 0.210 e. The van der Waals surface area contributed by atoms with Crippen molar-refractivity contribution in [3.63, 3.8) is 0 Å². The molecule has 1 heterocycles. The molecule has 3 aromatic rings. The van der Waals surface area contributed by atoms with Crippen LogP contribution in [0.2, 0.25) is 0 Å². The number of aryl methyl sites for hydroxylation is 1. The Labute approximate surface area is 117 Å². The molecule has 3 nitrogen and oxygen atoms in total. The van der Waals surface area contributed by atoms with Crippen molar-refractivity contribution in [2.24, 2.45) is 5.10 Å². The van der Waals surface area contributed by atoms with Crippen LogP contribution in [0.5, 0.6) is 0 Å². The van der Waals surface area contributed by atoms with Crippen LogP contribution in [0, 0.1) is 6.92 Å². The quantitative estimate of drug-likeness (QED) is 0.395. The maximum absolute atomic E-state index is 12.1. The van der Waals surface area contributed by atoms with Crippen LogP contribution in [-0.4, -0.2) is 5.90 Å². The van der Waals surface area contributed by atoms with E-state index in [4.69, 9.17) is 0 Å². The highest BCUT2D eigenvalue weighted by Gasteiger charge is 2.02. The van der Waals surface area contributed by atoms with Gasteiger partial charge in [-0.3, -0.25) is 0 Å². The minimum Gasteiger partial charge on any atom is -0.854 e. The molecule has 0 spiro atoms. The molecule has 98 valence electrons. The van der Waals surface area contributed by atoms with Gasteiger partial charge in [0, 0.05) is 11.5 Å². The Morgan fingerprint density at radius 3 is 2.40 bits per heavy atom. The minimum absolute atomic E-state index is 0.245. The Morgan fingerprint density at radius 2 is 1.65 bits per heavy atom. The van der Waals surface area contributed by atoms with E-state index in [0.717, 1.165) is 16.3 Å². The van der Waals surface area contributed by atoms with Gasteiger partial charge in [0.2, 0.25) is 12.4 Å². The third-order valence-corrected chi connectivity index (χ3v) is 3.18. The van der Waals surface area contributed by atoms with E-state index in [1.54, 1.807) is 23.0 Å². The molecule has 1 aromatic heterocycles. The van der Waals surface area contributed by atoms with E-state index in [1.165, 1.54) is 0 Å². The zero-order valence-corrected chi connectivity index (χ0v) is 11.2. The van der Waals surface area contributed by atoms with Gasteiger partial charge in [0.05, 0.1) is 5.90 Å². The van der Waals surface area contributed by atoms with Crippen molar-refractivity contribution >= 4 is 16.7 Å². The highest BCUT2D eigenvalue weighted by atomic mass is 16.3. The van der Waals surface area contributed by atoms with Gasteiger partial charge in [0.1, 0.15) is 0 Å². The summed E-state index contributed by atoms with van der Waals surface area (Å²) in [5.74, 6) is -0.245. The normalized spacial score (nSPS) is 11.8. The summed E-state index contributed by atoms with van der Waals surface area (Å²) in [5, 5.41) is 18.3. The molecule has 0 aliphatic carbocycles. The molecule has 0 aliphatic heterocycles. The predicted molar refractivity (Wildman–Crippen MR) is 77.3 cm³/mol. The van der Waals surface area contributed by atoms with Crippen molar-refractivity contribution in [1.82, 2.24) is 0 Å². The SMILES string of the molecule is Cc1ccc(/C([O-])=N/[n+]2ccc3ccccc3c2)cc1. The molecule has 3 rings (SSSR count). The first-order valence-electron chi connectivity index (χ1n) is 6.45. The van der Waals surface area contributed by atoms with E-state index in [2.05, 4.69) is 5.10 Å². The zero-order chi connectivity index (χ0) is 13.9. The molecule has 20 heavy (non-hydrogen) atoms. The first-order chi connectivity index (χ1) is 9.72. The standard InChI is InChI=1S/C17H14N2O/c1-13-6-8-15(9-7-13)17(20)18-19-11-10-14-4-2-3-5-16(14)12-19/h2-12H,1H3. The van der Waals surface area contributed by atoms with Crippen molar-refractivity contribution in [1.29, 1.82) is 0 Å². The number of benzene rings is 2. The molecule has 0 saturated carbocycles. The Balaban J connectivity index is 1.98. The van der Waals surface area contributed by atoms with Gasteiger partial charge in [-0.2, -0.15) is 0 Å². The van der Waals surface area contributed by atoms with Gasteiger partial charge in [-0.25, -0.2) is 0 Å². The van der Waals surface area contributed by atoms with Crippen molar-refractivity contribution in [3.05, 3.63) is 78.1 Å². The second-order valence-electron chi connectivity index (χ2n) is 4.72. The number of pyridine rings is 1. The van der Waals surface area contributed by atoms with Gasteiger partial charge in [0.15, 0.2) is 0 Å². The summed E-state index contributed by atoms with van der Waals surface area (Å²) in [7, 11) is 0. The molecule has 0 saturated heterocycles. The molecular weight excluding hydrogens is 248 g/mol. The van der Waals surface area contributed by atoms with Crippen LogP contribution < -0.4 is 9.78 Å².